The fourth-order valence-electron chi connectivity index (χ4n) is 1.84. The number of carboxylic acid groups (broad SMARTS) is 1. The largest absolute Gasteiger partial charge is 0.478 e. The van der Waals surface area contributed by atoms with Crippen LogP contribution < -0.4 is 5.73 Å². The van der Waals surface area contributed by atoms with E-state index in [0.29, 0.717) is 12.0 Å². The Morgan fingerprint density at radius 3 is 3.13 bits per heavy atom. The Labute approximate surface area is 86.8 Å². The summed E-state index contributed by atoms with van der Waals surface area (Å²) < 4.78 is 0. The lowest BCUT2D eigenvalue weighted by molar-refractivity contribution is -0.133. The van der Waals surface area contributed by atoms with Gasteiger partial charge in [-0.3, -0.25) is 0 Å². The molecule has 0 aromatic rings. The van der Waals surface area contributed by atoms with Crippen molar-refractivity contribution in [2.45, 2.75) is 12.6 Å². The van der Waals surface area contributed by atoms with Crippen LogP contribution in [0.5, 0.6) is 0 Å². The number of carbonyl (C=O) groups is 1. The molecule has 2 rings (SSSR count). The number of rotatable bonds is 1. The zero-order chi connectivity index (χ0) is 11.0. The molecule has 2 aliphatic rings. The highest BCUT2D eigenvalue weighted by molar-refractivity contribution is 5.91. The summed E-state index contributed by atoms with van der Waals surface area (Å²) in [4.78, 5) is 20.7. The third-order valence-electron chi connectivity index (χ3n) is 2.55. The quantitative estimate of drug-likeness (QED) is 0.615. The van der Waals surface area contributed by atoms with E-state index in [-0.39, 0.29) is 18.0 Å². The van der Waals surface area contributed by atoms with Crippen LogP contribution in [0.1, 0.15) is 6.42 Å². The van der Waals surface area contributed by atoms with E-state index >= 15 is 0 Å². The van der Waals surface area contributed by atoms with Crippen LogP contribution in [0.2, 0.25) is 0 Å². The summed E-state index contributed by atoms with van der Waals surface area (Å²) in [6.07, 6.45) is 3.61. The molecule has 0 aromatic heterocycles. The van der Waals surface area contributed by atoms with Crippen molar-refractivity contribution in [1.82, 2.24) is 4.90 Å². The van der Waals surface area contributed by atoms with Crippen LogP contribution in [0.15, 0.2) is 21.8 Å². The number of carboxylic acids is 1. The number of nitrogens with two attached hydrogens (primary N) is 1. The summed E-state index contributed by atoms with van der Waals surface area (Å²) >= 11 is 0. The molecule has 2 unspecified atom stereocenters. The lowest BCUT2D eigenvalue weighted by Gasteiger charge is -2.35. The van der Waals surface area contributed by atoms with Gasteiger partial charge in [-0.1, -0.05) is 0 Å². The van der Waals surface area contributed by atoms with Gasteiger partial charge < -0.3 is 15.7 Å². The minimum Gasteiger partial charge on any atom is -0.478 e. The molecule has 0 radical (unpaired) electrons. The molecular weight excluding hydrogens is 196 g/mol. The van der Waals surface area contributed by atoms with Gasteiger partial charge in [-0.15, -0.1) is 0 Å². The predicted octanol–water partition coefficient (Wildman–Crippen LogP) is -0.368. The molecular formula is C9H12N4O2. The van der Waals surface area contributed by atoms with Crippen molar-refractivity contribution in [2.75, 3.05) is 7.05 Å². The van der Waals surface area contributed by atoms with Crippen molar-refractivity contribution in [3.8, 4) is 0 Å². The minimum absolute atomic E-state index is 0.00148. The Kier molecular flexibility index (Phi) is 2.18. The second-order valence-corrected chi connectivity index (χ2v) is 3.67. The number of nitrogens with zero attached hydrogens (tertiary/aromatic N) is 3. The highest BCUT2D eigenvalue weighted by Crippen LogP contribution is 2.26. The van der Waals surface area contributed by atoms with Crippen molar-refractivity contribution < 1.29 is 9.90 Å². The summed E-state index contributed by atoms with van der Waals surface area (Å²) in [5, 5.41) is 8.90. The maximum atomic E-state index is 10.8. The van der Waals surface area contributed by atoms with E-state index in [0.717, 1.165) is 0 Å². The van der Waals surface area contributed by atoms with Crippen molar-refractivity contribution in [3.05, 3.63) is 11.8 Å². The van der Waals surface area contributed by atoms with Crippen LogP contribution in [-0.4, -0.2) is 41.4 Å². The van der Waals surface area contributed by atoms with E-state index < -0.39 is 5.97 Å². The highest BCUT2D eigenvalue weighted by Gasteiger charge is 2.32. The van der Waals surface area contributed by atoms with E-state index in [4.69, 9.17) is 10.8 Å². The molecule has 6 nitrogen and oxygen atoms in total. The first-order valence-electron chi connectivity index (χ1n) is 4.61. The van der Waals surface area contributed by atoms with Crippen molar-refractivity contribution >= 4 is 18.1 Å². The van der Waals surface area contributed by atoms with Crippen LogP contribution in [0.25, 0.3) is 0 Å². The standard InChI is InChI=1S/C9H12N4O2/c1-13-4-6(8(14)15)2-5-3-11-9(10)12-7(5)13/h3-5,7H,2H2,1H3,(H2,10,12)(H,14,15). The fourth-order valence-corrected chi connectivity index (χ4v) is 1.84. The molecule has 3 N–H and O–H groups in total. The first kappa shape index (κ1) is 9.70. The van der Waals surface area contributed by atoms with Crippen molar-refractivity contribution in [3.63, 3.8) is 0 Å². The van der Waals surface area contributed by atoms with Gasteiger partial charge in [0.1, 0.15) is 6.17 Å². The maximum Gasteiger partial charge on any atom is 0.333 e. The third-order valence-corrected chi connectivity index (χ3v) is 2.55. The van der Waals surface area contributed by atoms with Crippen LogP contribution in [0.4, 0.5) is 0 Å². The Morgan fingerprint density at radius 2 is 2.47 bits per heavy atom. The molecule has 2 aliphatic heterocycles. The first-order chi connectivity index (χ1) is 7.08. The normalized spacial score (nSPS) is 29.3. The van der Waals surface area contributed by atoms with E-state index in [9.17, 15) is 4.79 Å². The van der Waals surface area contributed by atoms with Gasteiger partial charge in [0.15, 0.2) is 0 Å². The molecule has 15 heavy (non-hydrogen) atoms. The Morgan fingerprint density at radius 1 is 1.73 bits per heavy atom. The van der Waals surface area contributed by atoms with Gasteiger partial charge >= 0.3 is 5.97 Å². The van der Waals surface area contributed by atoms with Crippen molar-refractivity contribution in [2.24, 2.45) is 21.6 Å². The Balaban J connectivity index is 2.28. The Hall–Kier alpha value is -1.85. The fraction of sp³-hybridized carbons (Fsp3) is 0.444. The van der Waals surface area contributed by atoms with Gasteiger partial charge in [0, 0.05) is 25.4 Å². The molecule has 0 fully saturated rings. The first-order valence-corrected chi connectivity index (χ1v) is 4.61. The number of hydrogen-bond acceptors (Lipinski definition) is 5. The second kappa shape index (κ2) is 3.38. The topological polar surface area (TPSA) is 91.3 Å². The maximum absolute atomic E-state index is 10.8. The molecule has 2 atom stereocenters. The second-order valence-electron chi connectivity index (χ2n) is 3.67. The molecule has 0 amide bonds. The SMILES string of the molecule is CN1C=C(C(=O)O)CC2C=NC(N)=NC21. The van der Waals surface area contributed by atoms with E-state index in [2.05, 4.69) is 9.98 Å². The molecule has 2 heterocycles. The molecule has 0 saturated carbocycles. The third kappa shape index (κ3) is 1.70. The van der Waals surface area contributed by atoms with E-state index in [1.165, 1.54) is 0 Å². The van der Waals surface area contributed by atoms with Crippen LogP contribution >= 0.6 is 0 Å². The molecule has 80 valence electrons. The lowest BCUT2D eigenvalue weighted by Crippen LogP contribution is -2.42. The van der Waals surface area contributed by atoms with Gasteiger partial charge in [0.25, 0.3) is 0 Å². The molecule has 0 aliphatic carbocycles. The van der Waals surface area contributed by atoms with Crippen LogP contribution in [0.3, 0.4) is 0 Å². The number of aliphatic imine (C=N–C) groups is 2. The predicted molar refractivity (Wildman–Crippen MR) is 55.5 cm³/mol. The molecule has 0 aromatic carbocycles. The minimum atomic E-state index is -0.892. The molecule has 0 bridgehead atoms. The number of fused-ring (bicyclic) bond motifs is 1. The monoisotopic (exact) mass is 208 g/mol. The van der Waals surface area contributed by atoms with Crippen molar-refractivity contribution in [1.29, 1.82) is 0 Å². The summed E-state index contributed by atoms with van der Waals surface area (Å²) in [5.41, 5.74) is 5.86. The van der Waals surface area contributed by atoms with E-state index in [1.54, 1.807) is 24.4 Å². The molecule has 0 spiro atoms. The van der Waals surface area contributed by atoms with Crippen LogP contribution in [-0.2, 0) is 4.79 Å². The summed E-state index contributed by atoms with van der Waals surface area (Å²) in [6.45, 7) is 0. The average Bonchev–Trinajstić information content (AvgIpc) is 2.18. The Bertz CT molecular complexity index is 386. The van der Waals surface area contributed by atoms with Crippen LogP contribution in [0, 0.1) is 5.92 Å². The zero-order valence-corrected chi connectivity index (χ0v) is 8.29. The summed E-state index contributed by atoms with van der Waals surface area (Å²) in [5.74, 6) is -0.648. The number of guanidine groups is 1. The van der Waals surface area contributed by atoms with Gasteiger partial charge in [-0.25, -0.2) is 14.8 Å². The van der Waals surface area contributed by atoms with Gasteiger partial charge in [-0.05, 0) is 6.42 Å². The number of hydrogen-bond donors (Lipinski definition) is 2. The van der Waals surface area contributed by atoms with Gasteiger partial charge in [0.2, 0.25) is 5.96 Å². The average molecular weight is 208 g/mol. The molecule has 6 heteroatoms. The van der Waals surface area contributed by atoms with E-state index in [1.807, 2.05) is 0 Å². The van der Waals surface area contributed by atoms with Gasteiger partial charge in [-0.2, -0.15) is 0 Å². The number of aliphatic carboxylic acids is 1. The summed E-state index contributed by atoms with van der Waals surface area (Å²) in [7, 11) is 1.79. The highest BCUT2D eigenvalue weighted by atomic mass is 16.4. The zero-order valence-electron chi connectivity index (χ0n) is 8.29. The summed E-state index contributed by atoms with van der Waals surface area (Å²) in [6, 6.07) is 0. The lowest BCUT2D eigenvalue weighted by atomic mass is 9.93. The smallest absolute Gasteiger partial charge is 0.333 e. The van der Waals surface area contributed by atoms with Gasteiger partial charge in [0.05, 0.1) is 5.57 Å². The molecule has 0 saturated heterocycles.